The average molecular weight is 214 g/mol. The molecule has 16 heavy (non-hydrogen) atoms. The maximum absolute atomic E-state index is 4.47. The van der Waals surface area contributed by atoms with Crippen molar-refractivity contribution in [3.8, 4) is 11.4 Å². The summed E-state index contributed by atoms with van der Waals surface area (Å²) in [5, 5.41) is 6.83. The summed E-state index contributed by atoms with van der Waals surface area (Å²) >= 11 is 0. The predicted octanol–water partition coefficient (Wildman–Crippen LogP) is 1.06. The zero-order valence-electron chi connectivity index (χ0n) is 8.97. The molecule has 0 atom stereocenters. The number of nitrogens with zero attached hydrogens (tertiary/aromatic N) is 5. The molecule has 3 rings (SSSR count). The van der Waals surface area contributed by atoms with Gasteiger partial charge in [0.05, 0.1) is 24.3 Å². The van der Waals surface area contributed by atoms with Gasteiger partial charge in [0.1, 0.15) is 5.52 Å². The van der Waals surface area contributed by atoms with E-state index in [0.29, 0.717) is 5.82 Å². The van der Waals surface area contributed by atoms with Crippen molar-refractivity contribution in [1.29, 1.82) is 0 Å². The fourth-order valence-corrected chi connectivity index (χ4v) is 1.63. The van der Waals surface area contributed by atoms with E-state index in [1.807, 2.05) is 18.5 Å². The van der Waals surface area contributed by atoms with Crippen molar-refractivity contribution in [1.82, 2.24) is 29.7 Å². The Labute approximate surface area is 91.4 Å². The molecule has 0 aliphatic rings. The quantitative estimate of drug-likeness (QED) is 0.657. The lowest BCUT2D eigenvalue weighted by Crippen LogP contribution is -1.93. The van der Waals surface area contributed by atoms with Gasteiger partial charge in [-0.05, 0) is 6.92 Å². The lowest BCUT2D eigenvalue weighted by atomic mass is 10.2. The summed E-state index contributed by atoms with van der Waals surface area (Å²) in [6.07, 6.45) is 5.18. The minimum Gasteiger partial charge on any atom is -0.318 e. The molecule has 3 aromatic heterocycles. The number of nitrogens with one attached hydrogen (secondary N) is 1. The largest absolute Gasteiger partial charge is 0.318 e. The van der Waals surface area contributed by atoms with Crippen LogP contribution in [0.1, 0.15) is 5.69 Å². The van der Waals surface area contributed by atoms with Crippen LogP contribution in [0.25, 0.3) is 22.6 Å². The van der Waals surface area contributed by atoms with Crippen LogP contribution in [0.15, 0.2) is 18.7 Å². The normalized spacial score (nSPS) is 11.1. The lowest BCUT2D eigenvalue weighted by Gasteiger charge is -1.98. The second-order valence-electron chi connectivity index (χ2n) is 3.67. The molecule has 0 saturated heterocycles. The van der Waals surface area contributed by atoms with Crippen molar-refractivity contribution in [2.45, 2.75) is 6.92 Å². The van der Waals surface area contributed by atoms with Crippen molar-refractivity contribution >= 4 is 11.2 Å². The SMILES string of the molecule is Cc1[nH]ncc1-c1ncc2ncn(C)c2n1. The third kappa shape index (κ3) is 1.19. The molecule has 0 spiro atoms. The van der Waals surface area contributed by atoms with Crippen LogP contribution in [0.2, 0.25) is 0 Å². The molecule has 80 valence electrons. The first kappa shape index (κ1) is 9.02. The van der Waals surface area contributed by atoms with Gasteiger partial charge in [-0.3, -0.25) is 5.10 Å². The molecule has 0 aliphatic carbocycles. The van der Waals surface area contributed by atoms with Crippen LogP contribution in [0, 0.1) is 6.92 Å². The Morgan fingerprint density at radius 2 is 2.12 bits per heavy atom. The minimum absolute atomic E-state index is 0.669. The zero-order valence-corrected chi connectivity index (χ0v) is 8.97. The van der Waals surface area contributed by atoms with Crippen LogP contribution in [0.5, 0.6) is 0 Å². The summed E-state index contributed by atoms with van der Waals surface area (Å²) in [7, 11) is 1.91. The molecule has 6 heteroatoms. The van der Waals surface area contributed by atoms with E-state index < -0.39 is 0 Å². The molecule has 0 aromatic carbocycles. The van der Waals surface area contributed by atoms with Crippen molar-refractivity contribution in [2.75, 3.05) is 0 Å². The summed E-state index contributed by atoms with van der Waals surface area (Å²) in [5.41, 5.74) is 3.50. The highest BCUT2D eigenvalue weighted by molar-refractivity contribution is 5.72. The Bertz CT molecular complexity index is 650. The van der Waals surface area contributed by atoms with Gasteiger partial charge in [0.15, 0.2) is 11.5 Å². The molecule has 1 N–H and O–H groups in total. The summed E-state index contributed by atoms with van der Waals surface area (Å²) in [4.78, 5) is 12.9. The summed E-state index contributed by atoms with van der Waals surface area (Å²) in [6, 6.07) is 0. The fourth-order valence-electron chi connectivity index (χ4n) is 1.63. The number of hydrogen-bond donors (Lipinski definition) is 1. The smallest absolute Gasteiger partial charge is 0.165 e. The van der Waals surface area contributed by atoms with E-state index in [1.54, 1.807) is 18.7 Å². The van der Waals surface area contributed by atoms with Crippen molar-refractivity contribution in [2.24, 2.45) is 7.05 Å². The Hall–Kier alpha value is -2.24. The van der Waals surface area contributed by atoms with Crippen LogP contribution < -0.4 is 0 Å². The highest BCUT2D eigenvalue weighted by Crippen LogP contribution is 2.18. The number of imidazole rings is 1. The van der Waals surface area contributed by atoms with Crippen LogP contribution in [-0.2, 0) is 7.05 Å². The Kier molecular flexibility index (Phi) is 1.76. The van der Waals surface area contributed by atoms with Crippen molar-refractivity contribution < 1.29 is 0 Å². The first-order chi connectivity index (χ1) is 7.75. The number of rotatable bonds is 1. The molecule has 0 amide bonds. The van der Waals surface area contributed by atoms with Gasteiger partial charge in [-0.2, -0.15) is 5.10 Å². The van der Waals surface area contributed by atoms with E-state index in [4.69, 9.17) is 0 Å². The number of aryl methyl sites for hydroxylation is 2. The standard InChI is InChI=1S/C10H10N6/c1-6-7(3-13-15-6)9-11-4-8-10(14-9)16(2)5-12-8/h3-5H,1-2H3,(H,13,15). The van der Waals surface area contributed by atoms with Crippen LogP contribution in [0.4, 0.5) is 0 Å². The molecular formula is C10H10N6. The molecule has 0 radical (unpaired) electrons. The Morgan fingerprint density at radius 1 is 1.25 bits per heavy atom. The number of aromatic amines is 1. The highest BCUT2D eigenvalue weighted by Gasteiger charge is 2.09. The highest BCUT2D eigenvalue weighted by atomic mass is 15.1. The first-order valence-electron chi connectivity index (χ1n) is 4.90. The van der Waals surface area contributed by atoms with Gasteiger partial charge in [0, 0.05) is 12.7 Å². The van der Waals surface area contributed by atoms with E-state index >= 15 is 0 Å². The second kappa shape index (κ2) is 3.13. The lowest BCUT2D eigenvalue weighted by molar-refractivity contribution is 0.929. The van der Waals surface area contributed by atoms with E-state index in [0.717, 1.165) is 22.4 Å². The van der Waals surface area contributed by atoms with Crippen molar-refractivity contribution in [3.05, 3.63) is 24.4 Å². The molecular weight excluding hydrogens is 204 g/mol. The second-order valence-corrected chi connectivity index (χ2v) is 3.67. The van der Waals surface area contributed by atoms with Crippen LogP contribution >= 0.6 is 0 Å². The molecule has 0 fully saturated rings. The molecule has 0 aliphatic heterocycles. The zero-order chi connectivity index (χ0) is 11.1. The van der Waals surface area contributed by atoms with Gasteiger partial charge < -0.3 is 4.57 Å². The van der Waals surface area contributed by atoms with Gasteiger partial charge in [-0.1, -0.05) is 0 Å². The molecule has 0 saturated carbocycles. The van der Waals surface area contributed by atoms with Crippen LogP contribution in [0.3, 0.4) is 0 Å². The van der Waals surface area contributed by atoms with E-state index in [2.05, 4.69) is 25.1 Å². The average Bonchev–Trinajstić information content (AvgIpc) is 2.86. The van der Waals surface area contributed by atoms with Gasteiger partial charge in [-0.15, -0.1) is 0 Å². The topological polar surface area (TPSA) is 72.3 Å². The number of H-pyrrole nitrogens is 1. The molecule has 6 nitrogen and oxygen atoms in total. The number of hydrogen-bond acceptors (Lipinski definition) is 4. The predicted molar refractivity (Wildman–Crippen MR) is 58.6 cm³/mol. The third-order valence-corrected chi connectivity index (χ3v) is 2.52. The first-order valence-corrected chi connectivity index (χ1v) is 4.90. The Morgan fingerprint density at radius 3 is 2.88 bits per heavy atom. The van der Waals surface area contributed by atoms with Crippen molar-refractivity contribution in [3.63, 3.8) is 0 Å². The summed E-state index contributed by atoms with van der Waals surface area (Å²) < 4.78 is 1.87. The van der Waals surface area contributed by atoms with Gasteiger partial charge in [0.2, 0.25) is 0 Å². The fraction of sp³-hybridized carbons (Fsp3) is 0.200. The van der Waals surface area contributed by atoms with Gasteiger partial charge in [-0.25, -0.2) is 15.0 Å². The number of aromatic nitrogens is 6. The monoisotopic (exact) mass is 214 g/mol. The molecule has 0 bridgehead atoms. The third-order valence-electron chi connectivity index (χ3n) is 2.52. The minimum atomic E-state index is 0.669. The summed E-state index contributed by atoms with van der Waals surface area (Å²) in [6.45, 7) is 1.94. The molecule has 3 aromatic rings. The number of fused-ring (bicyclic) bond motifs is 1. The van der Waals surface area contributed by atoms with Crippen LogP contribution in [-0.4, -0.2) is 29.7 Å². The van der Waals surface area contributed by atoms with Gasteiger partial charge >= 0.3 is 0 Å². The maximum atomic E-state index is 4.47. The van der Waals surface area contributed by atoms with Gasteiger partial charge in [0.25, 0.3) is 0 Å². The van der Waals surface area contributed by atoms with E-state index in [-0.39, 0.29) is 0 Å². The van der Waals surface area contributed by atoms with E-state index in [1.165, 1.54) is 0 Å². The molecule has 0 unspecified atom stereocenters. The molecule has 3 heterocycles. The Balaban J connectivity index is 2.25. The maximum Gasteiger partial charge on any atom is 0.165 e. The van der Waals surface area contributed by atoms with E-state index in [9.17, 15) is 0 Å². The summed E-state index contributed by atoms with van der Waals surface area (Å²) in [5.74, 6) is 0.669.